The Bertz CT molecular complexity index is 1390. The fourth-order valence-corrected chi connectivity index (χ4v) is 5.95. The predicted octanol–water partition coefficient (Wildman–Crippen LogP) is 6.46. The molecule has 5 rings (SSSR count). The van der Waals surface area contributed by atoms with Gasteiger partial charge in [-0.3, -0.25) is 0 Å². The second-order valence-corrected chi connectivity index (χ2v) is 9.53. The van der Waals surface area contributed by atoms with Gasteiger partial charge in [0, 0.05) is 3.57 Å². The van der Waals surface area contributed by atoms with Gasteiger partial charge in [0.1, 0.15) is 0 Å². The van der Waals surface area contributed by atoms with Gasteiger partial charge < -0.3 is 10.2 Å². The van der Waals surface area contributed by atoms with Crippen molar-refractivity contribution in [1.29, 1.82) is 0 Å². The molecular formula is C27H21IO4. The van der Waals surface area contributed by atoms with Crippen LogP contribution < -0.4 is 0 Å². The van der Waals surface area contributed by atoms with Crippen molar-refractivity contribution in [2.24, 2.45) is 0 Å². The van der Waals surface area contributed by atoms with Crippen molar-refractivity contribution in [3.8, 4) is 0 Å². The van der Waals surface area contributed by atoms with Crippen LogP contribution in [0.25, 0.3) is 21.5 Å². The van der Waals surface area contributed by atoms with Gasteiger partial charge in [0.25, 0.3) is 0 Å². The first-order valence-electron chi connectivity index (χ1n) is 10.7. The summed E-state index contributed by atoms with van der Waals surface area (Å²) in [5.41, 5.74) is 4.22. The smallest absolute Gasteiger partial charge is 0.336 e. The number of aromatic carboxylic acids is 2. The van der Waals surface area contributed by atoms with Gasteiger partial charge in [-0.1, -0.05) is 36.4 Å². The summed E-state index contributed by atoms with van der Waals surface area (Å²) in [4.78, 5) is 23.4. The number of rotatable bonds is 4. The topological polar surface area (TPSA) is 74.6 Å². The van der Waals surface area contributed by atoms with Crippen molar-refractivity contribution in [3.63, 3.8) is 0 Å². The van der Waals surface area contributed by atoms with Gasteiger partial charge in [0.05, 0.1) is 11.1 Å². The second-order valence-electron chi connectivity index (χ2n) is 8.37. The molecule has 0 saturated heterocycles. The fourth-order valence-electron chi connectivity index (χ4n) is 5.00. The Kier molecular flexibility index (Phi) is 5.37. The van der Waals surface area contributed by atoms with Crippen LogP contribution >= 0.6 is 22.6 Å². The zero-order chi connectivity index (χ0) is 22.4. The molecule has 0 amide bonds. The molecule has 0 bridgehead atoms. The van der Waals surface area contributed by atoms with E-state index < -0.39 is 11.9 Å². The van der Waals surface area contributed by atoms with Crippen LogP contribution in [0.15, 0.2) is 54.6 Å². The standard InChI is InChI=1S/C27H21IO4/c28-24-14-17-12-15(13-23-21(26(29)30)6-3-7-22(23)27(31)32)8-10-18(17)20-11-9-16-4-1-2-5-19(16)25(20)24/h3,6-12,14H,1-2,4-5,13H2,(H,29,30)(H,31,32). The van der Waals surface area contributed by atoms with E-state index in [9.17, 15) is 19.8 Å². The van der Waals surface area contributed by atoms with Crippen molar-refractivity contribution >= 4 is 56.1 Å². The molecule has 5 heteroatoms. The molecule has 32 heavy (non-hydrogen) atoms. The number of carbonyl (C=O) groups is 2. The van der Waals surface area contributed by atoms with E-state index in [1.54, 1.807) is 0 Å². The molecule has 4 nitrogen and oxygen atoms in total. The number of halogens is 1. The van der Waals surface area contributed by atoms with Gasteiger partial charge in [-0.05, 0) is 117 Å². The summed E-state index contributed by atoms with van der Waals surface area (Å²) in [5, 5.41) is 24.0. The lowest BCUT2D eigenvalue weighted by Gasteiger charge is -2.20. The van der Waals surface area contributed by atoms with E-state index in [4.69, 9.17) is 0 Å². The number of carboxylic acid groups (broad SMARTS) is 2. The molecule has 0 fully saturated rings. The summed E-state index contributed by atoms with van der Waals surface area (Å²) >= 11 is 2.42. The molecule has 0 unspecified atom stereocenters. The maximum atomic E-state index is 11.7. The Labute approximate surface area is 199 Å². The lowest BCUT2D eigenvalue weighted by Crippen LogP contribution is -2.10. The van der Waals surface area contributed by atoms with Crippen LogP contribution in [0.2, 0.25) is 0 Å². The number of carboxylic acids is 2. The van der Waals surface area contributed by atoms with Crippen molar-refractivity contribution in [2.45, 2.75) is 32.1 Å². The molecule has 0 saturated carbocycles. The minimum absolute atomic E-state index is 0.0321. The van der Waals surface area contributed by atoms with Gasteiger partial charge in [-0.2, -0.15) is 0 Å². The van der Waals surface area contributed by atoms with Crippen molar-refractivity contribution in [2.75, 3.05) is 0 Å². The highest BCUT2D eigenvalue weighted by molar-refractivity contribution is 14.1. The first kappa shape index (κ1) is 20.9. The van der Waals surface area contributed by atoms with E-state index >= 15 is 0 Å². The first-order chi connectivity index (χ1) is 15.4. The van der Waals surface area contributed by atoms with Crippen molar-refractivity contribution < 1.29 is 19.8 Å². The fraction of sp³-hybridized carbons (Fsp3) is 0.185. The molecule has 0 atom stereocenters. The van der Waals surface area contributed by atoms with Gasteiger partial charge >= 0.3 is 11.9 Å². The molecule has 0 heterocycles. The minimum atomic E-state index is -1.12. The van der Waals surface area contributed by atoms with E-state index in [-0.39, 0.29) is 17.5 Å². The van der Waals surface area contributed by atoms with Crippen LogP contribution in [0.4, 0.5) is 0 Å². The normalized spacial score (nSPS) is 13.3. The highest BCUT2D eigenvalue weighted by Crippen LogP contribution is 2.37. The third-order valence-corrected chi connectivity index (χ3v) is 7.33. The predicted molar refractivity (Wildman–Crippen MR) is 134 cm³/mol. The number of benzene rings is 4. The first-order valence-corrected chi connectivity index (χ1v) is 11.8. The van der Waals surface area contributed by atoms with Gasteiger partial charge in [0.2, 0.25) is 0 Å². The molecule has 0 aliphatic heterocycles. The third-order valence-electron chi connectivity index (χ3n) is 6.48. The maximum absolute atomic E-state index is 11.7. The number of hydrogen-bond acceptors (Lipinski definition) is 2. The van der Waals surface area contributed by atoms with Crippen LogP contribution in [-0.2, 0) is 19.3 Å². The monoisotopic (exact) mass is 536 g/mol. The zero-order valence-electron chi connectivity index (χ0n) is 17.3. The summed E-state index contributed by atoms with van der Waals surface area (Å²) in [7, 11) is 0. The third kappa shape index (κ3) is 3.54. The molecule has 4 aromatic carbocycles. The van der Waals surface area contributed by atoms with Crippen LogP contribution in [0.5, 0.6) is 0 Å². The SMILES string of the molecule is O=C(O)c1cccc(C(=O)O)c1Cc1ccc2c(c1)cc(I)c1c3c(ccc12)CCCC3. The van der Waals surface area contributed by atoms with E-state index in [1.165, 1.54) is 61.9 Å². The Morgan fingerprint density at radius 3 is 2.25 bits per heavy atom. The highest BCUT2D eigenvalue weighted by Gasteiger charge is 2.19. The summed E-state index contributed by atoms with van der Waals surface area (Å²) in [6.45, 7) is 0. The summed E-state index contributed by atoms with van der Waals surface area (Å²) in [5.74, 6) is -2.23. The molecule has 1 aliphatic rings. The Morgan fingerprint density at radius 2 is 1.53 bits per heavy atom. The summed E-state index contributed by atoms with van der Waals surface area (Å²) in [6, 6.07) is 17.2. The van der Waals surface area contributed by atoms with Gasteiger partial charge in [0.15, 0.2) is 0 Å². The van der Waals surface area contributed by atoms with Crippen LogP contribution in [0, 0.1) is 3.57 Å². The van der Waals surface area contributed by atoms with E-state index in [0.29, 0.717) is 5.56 Å². The molecule has 4 aromatic rings. The highest BCUT2D eigenvalue weighted by atomic mass is 127. The average Bonchev–Trinajstić information content (AvgIpc) is 2.78. The van der Waals surface area contributed by atoms with Crippen LogP contribution in [0.3, 0.4) is 0 Å². The largest absolute Gasteiger partial charge is 0.478 e. The molecule has 0 spiro atoms. The summed E-state index contributed by atoms with van der Waals surface area (Å²) in [6.07, 6.45) is 5.00. The van der Waals surface area contributed by atoms with Crippen molar-refractivity contribution in [1.82, 2.24) is 0 Å². The molecule has 0 aromatic heterocycles. The zero-order valence-corrected chi connectivity index (χ0v) is 19.5. The van der Waals surface area contributed by atoms with E-state index in [2.05, 4.69) is 52.9 Å². The van der Waals surface area contributed by atoms with Gasteiger partial charge in [-0.15, -0.1) is 0 Å². The lowest BCUT2D eigenvalue weighted by atomic mass is 9.86. The number of aryl methyl sites for hydroxylation is 2. The maximum Gasteiger partial charge on any atom is 0.336 e. The molecule has 160 valence electrons. The molecule has 2 N–H and O–H groups in total. The van der Waals surface area contributed by atoms with Crippen molar-refractivity contribution in [3.05, 3.63) is 91.5 Å². The van der Waals surface area contributed by atoms with E-state index in [1.807, 2.05) is 6.07 Å². The molecular weight excluding hydrogens is 515 g/mol. The van der Waals surface area contributed by atoms with Crippen LogP contribution in [-0.4, -0.2) is 22.2 Å². The average molecular weight is 536 g/mol. The Hall–Kier alpha value is -2.93. The number of fused-ring (bicyclic) bond motifs is 5. The minimum Gasteiger partial charge on any atom is -0.478 e. The van der Waals surface area contributed by atoms with Gasteiger partial charge in [-0.25, -0.2) is 9.59 Å². The quantitative estimate of drug-likeness (QED) is 0.232. The van der Waals surface area contributed by atoms with Crippen LogP contribution in [0.1, 0.15) is 55.8 Å². The Morgan fingerprint density at radius 1 is 0.844 bits per heavy atom. The summed E-state index contributed by atoms with van der Waals surface area (Å²) < 4.78 is 1.22. The molecule has 0 radical (unpaired) electrons. The lowest BCUT2D eigenvalue weighted by molar-refractivity contribution is 0.0696. The molecule has 1 aliphatic carbocycles. The Balaban J connectivity index is 1.65. The second kappa shape index (κ2) is 8.20. The number of hydrogen-bond donors (Lipinski definition) is 2. The van der Waals surface area contributed by atoms with E-state index in [0.717, 1.165) is 23.8 Å².